The number of nitrogens with zero attached hydrogens (tertiary/aromatic N) is 1. The molecule has 0 saturated carbocycles. The third kappa shape index (κ3) is 3.12. The minimum absolute atomic E-state index is 0.245. The SMILES string of the molecule is CCOC(=O)N1CCc2c([nH]c3ccc(Cl)cc23)C1c1ccc(OC)cc1. The molecule has 1 aromatic heterocycles. The Balaban J connectivity index is 1.86. The van der Waals surface area contributed by atoms with E-state index in [1.807, 2.05) is 49.4 Å². The van der Waals surface area contributed by atoms with Crippen molar-refractivity contribution in [1.82, 2.24) is 9.88 Å². The number of methoxy groups -OCH3 is 1. The summed E-state index contributed by atoms with van der Waals surface area (Å²) < 4.78 is 10.6. The third-order valence-electron chi connectivity index (χ3n) is 5.02. The second-order valence-corrected chi connectivity index (χ2v) is 6.96. The van der Waals surface area contributed by atoms with Crippen molar-refractivity contribution in [1.29, 1.82) is 0 Å². The normalized spacial score (nSPS) is 16.3. The largest absolute Gasteiger partial charge is 0.497 e. The van der Waals surface area contributed by atoms with Crippen LogP contribution in [0, 0.1) is 0 Å². The number of carbonyl (C=O) groups excluding carboxylic acids is 1. The zero-order valence-electron chi connectivity index (χ0n) is 15.3. The van der Waals surface area contributed by atoms with Crippen molar-refractivity contribution in [2.24, 2.45) is 0 Å². The van der Waals surface area contributed by atoms with Crippen LogP contribution < -0.4 is 4.74 Å². The second-order valence-electron chi connectivity index (χ2n) is 6.53. The summed E-state index contributed by atoms with van der Waals surface area (Å²) >= 11 is 6.21. The number of amides is 1. The number of ether oxygens (including phenoxy) is 2. The molecule has 0 fully saturated rings. The summed E-state index contributed by atoms with van der Waals surface area (Å²) in [6.45, 7) is 2.75. The van der Waals surface area contributed by atoms with E-state index in [4.69, 9.17) is 21.1 Å². The van der Waals surface area contributed by atoms with Crippen LogP contribution in [0.2, 0.25) is 5.02 Å². The van der Waals surface area contributed by atoms with Crippen LogP contribution in [-0.2, 0) is 11.2 Å². The van der Waals surface area contributed by atoms with Gasteiger partial charge in [-0.25, -0.2) is 4.79 Å². The van der Waals surface area contributed by atoms with Gasteiger partial charge in [-0.15, -0.1) is 0 Å². The van der Waals surface area contributed by atoms with Gasteiger partial charge in [-0.3, -0.25) is 4.90 Å². The number of aromatic amines is 1. The highest BCUT2D eigenvalue weighted by atomic mass is 35.5. The number of hydrogen-bond donors (Lipinski definition) is 1. The van der Waals surface area contributed by atoms with Gasteiger partial charge < -0.3 is 14.5 Å². The molecular formula is C21H21ClN2O3. The number of benzene rings is 2. The van der Waals surface area contributed by atoms with E-state index in [-0.39, 0.29) is 12.1 Å². The Kier molecular flexibility index (Phi) is 4.70. The molecule has 1 N–H and O–H groups in total. The monoisotopic (exact) mass is 384 g/mol. The van der Waals surface area contributed by atoms with Gasteiger partial charge in [-0.1, -0.05) is 23.7 Å². The van der Waals surface area contributed by atoms with Gasteiger partial charge in [0.1, 0.15) is 11.8 Å². The fourth-order valence-corrected chi connectivity index (χ4v) is 3.97. The maximum absolute atomic E-state index is 12.6. The molecule has 3 aromatic rings. The standard InChI is InChI=1S/C21H21ClN2O3/c1-3-27-21(25)24-11-10-16-17-12-14(22)6-9-18(17)23-19(16)20(24)13-4-7-15(26-2)8-5-13/h4-9,12,20,23H,3,10-11H2,1-2H3. The van der Waals surface area contributed by atoms with Gasteiger partial charge >= 0.3 is 6.09 Å². The summed E-state index contributed by atoms with van der Waals surface area (Å²) in [6, 6.07) is 13.4. The topological polar surface area (TPSA) is 54.6 Å². The van der Waals surface area contributed by atoms with Crippen LogP contribution in [0.1, 0.15) is 29.8 Å². The molecule has 0 aliphatic carbocycles. The van der Waals surface area contributed by atoms with Crippen LogP contribution in [0.3, 0.4) is 0 Å². The van der Waals surface area contributed by atoms with Crippen molar-refractivity contribution in [3.05, 3.63) is 64.3 Å². The van der Waals surface area contributed by atoms with Crippen LogP contribution in [0.15, 0.2) is 42.5 Å². The molecule has 1 aliphatic heterocycles. The summed E-state index contributed by atoms with van der Waals surface area (Å²) in [7, 11) is 1.64. The first-order chi connectivity index (χ1) is 13.1. The van der Waals surface area contributed by atoms with Crippen LogP contribution in [0.25, 0.3) is 10.9 Å². The van der Waals surface area contributed by atoms with Gasteiger partial charge in [-0.2, -0.15) is 0 Å². The quantitative estimate of drug-likeness (QED) is 0.696. The highest BCUT2D eigenvalue weighted by Crippen LogP contribution is 2.39. The van der Waals surface area contributed by atoms with E-state index in [1.54, 1.807) is 12.0 Å². The van der Waals surface area contributed by atoms with Crippen LogP contribution >= 0.6 is 11.6 Å². The summed E-state index contributed by atoms with van der Waals surface area (Å²) in [4.78, 5) is 17.9. The summed E-state index contributed by atoms with van der Waals surface area (Å²) in [6.07, 6.45) is 0.446. The number of hydrogen-bond acceptors (Lipinski definition) is 3. The minimum atomic E-state index is -0.305. The first kappa shape index (κ1) is 17.7. The van der Waals surface area contributed by atoms with Crippen molar-refractivity contribution in [2.45, 2.75) is 19.4 Å². The van der Waals surface area contributed by atoms with Crippen LogP contribution in [0.4, 0.5) is 4.79 Å². The van der Waals surface area contributed by atoms with E-state index < -0.39 is 0 Å². The van der Waals surface area contributed by atoms with E-state index >= 15 is 0 Å². The highest BCUT2D eigenvalue weighted by Gasteiger charge is 2.35. The van der Waals surface area contributed by atoms with E-state index in [9.17, 15) is 4.79 Å². The fraction of sp³-hybridized carbons (Fsp3) is 0.286. The lowest BCUT2D eigenvalue weighted by Crippen LogP contribution is -2.40. The number of H-pyrrole nitrogens is 1. The maximum atomic E-state index is 12.6. The Hall–Kier alpha value is -2.66. The molecule has 1 aliphatic rings. The summed E-state index contributed by atoms with van der Waals surface area (Å²) in [5, 5.41) is 1.82. The van der Waals surface area contributed by atoms with Crippen molar-refractivity contribution in [3.63, 3.8) is 0 Å². The number of carbonyl (C=O) groups is 1. The van der Waals surface area contributed by atoms with E-state index in [2.05, 4.69) is 4.98 Å². The Morgan fingerprint density at radius 3 is 2.74 bits per heavy atom. The van der Waals surface area contributed by atoms with Crippen molar-refractivity contribution in [3.8, 4) is 5.75 Å². The highest BCUT2D eigenvalue weighted by molar-refractivity contribution is 6.31. The van der Waals surface area contributed by atoms with E-state index in [1.165, 1.54) is 5.56 Å². The Morgan fingerprint density at radius 1 is 1.26 bits per heavy atom. The van der Waals surface area contributed by atoms with Gasteiger partial charge in [-0.05, 0) is 54.8 Å². The van der Waals surface area contributed by atoms with Crippen LogP contribution in [-0.4, -0.2) is 36.2 Å². The molecule has 5 nitrogen and oxygen atoms in total. The van der Waals surface area contributed by atoms with Gasteiger partial charge in [0.25, 0.3) is 0 Å². The zero-order chi connectivity index (χ0) is 19.0. The minimum Gasteiger partial charge on any atom is -0.497 e. The number of halogens is 1. The average Bonchev–Trinajstić information content (AvgIpc) is 3.05. The van der Waals surface area contributed by atoms with Crippen molar-refractivity contribution in [2.75, 3.05) is 20.3 Å². The first-order valence-corrected chi connectivity index (χ1v) is 9.37. The number of fused-ring (bicyclic) bond motifs is 3. The van der Waals surface area contributed by atoms with E-state index in [0.717, 1.165) is 34.3 Å². The molecule has 0 bridgehead atoms. The van der Waals surface area contributed by atoms with Gasteiger partial charge in [0.15, 0.2) is 0 Å². The molecule has 0 radical (unpaired) electrons. The summed E-state index contributed by atoms with van der Waals surface area (Å²) in [5.41, 5.74) is 4.24. The molecule has 1 amide bonds. The lowest BCUT2D eigenvalue weighted by atomic mass is 9.92. The predicted octanol–water partition coefficient (Wildman–Crippen LogP) is 4.93. The van der Waals surface area contributed by atoms with Gasteiger partial charge in [0.05, 0.1) is 13.7 Å². The molecule has 27 heavy (non-hydrogen) atoms. The average molecular weight is 385 g/mol. The van der Waals surface area contributed by atoms with Crippen LogP contribution in [0.5, 0.6) is 5.75 Å². The lowest BCUT2D eigenvalue weighted by Gasteiger charge is -2.35. The molecule has 4 rings (SSSR count). The lowest BCUT2D eigenvalue weighted by molar-refractivity contribution is 0.0932. The second kappa shape index (κ2) is 7.16. The molecule has 1 unspecified atom stereocenters. The molecule has 140 valence electrons. The zero-order valence-corrected chi connectivity index (χ0v) is 16.0. The Labute approximate surface area is 162 Å². The van der Waals surface area contributed by atoms with E-state index in [0.29, 0.717) is 18.2 Å². The molecule has 1 atom stereocenters. The van der Waals surface area contributed by atoms with Gasteiger partial charge in [0.2, 0.25) is 0 Å². The predicted molar refractivity (Wildman–Crippen MR) is 106 cm³/mol. The number of nitrogens with one attached hydrogen (secondary N) is 1. The molecule has 0 spiro atoms. The third-order valence-corrected chi connectivity index (χ3v) is 5.26. The molecule has 2 aromatic carbocycles. The molecule has 2 heterocycles. The Morgan fingerprint density at radius 2 is 2.04 bits per heavy atom. The molecular weight excluding hydrogens is 364 g/mol. The number of rotatable bonds is 3. The summed E-state index contributed by atoms with van der Waals surface area (Å²) in [5.74, 6) is 0.779. The maximum Gasteiger partial charge on any atom is 0.410 e. The van der Waals surface area contributed by atoms with Gasteiger partial charge in [0, 0.05) is 28.2 Å². The Bertz CT molecular complexity index is 981. The fourth-order valence-electron chi connectivity index (χ4n) is 3.80. The smallest absolute Gasteiger partial charge is 0.410 e. The molecule has 6 heteroatoms. The molecule has 0 saturated heterocycles. The number of aromatic nitrogens is 1. The van der Waals surface area contributed by atoms with Crippen molar-refractivity contribution >= 4 is 28.6 Å². The first-order valence-electron chi connectivity index (χ1n) is 8.99. The van der Waals surface area contributed by atoms with Crippen molar-refractivity contribution < 1.29 is 14.3 Å².